The minimum absolute atomic E-state index is 0.177. The van der Waals surface area contributed by atoms with E-state index in [2.05, 4.69) is 39.1 Å². The molecule has 0 radical (unpaired) electrons. The number of nitrogens with zero attached hydrogens (tertiary/aromatic N) is 2. The first kappa shape index (κ1) is 16.3. The van der Waals surface area contributed by atoms with Gasteiger partial charge in [-0.3, -0.25) is 4.99 Å². The predicted molar refractivity (Wildman–Crippen MR) is 95.3 cm³/mol. The van der Waals surface area contributed by atoms with Crippen LogP contribution in [0.25, 0.3) is 0 Å². The van der Waals surface area contributed by atoms with Crippen LogP contribution in [0.5, 0.6) is 0 Å². The topological polar surface area (TPSA) is 48.2 Å². The summed E-state index contributed by atoms with van der Waals surface area (Å²) in [6.07, 6.45) is 2.03. The van der Waals surface area contributed by atoms with Gasteiger partial charge in [-0.2, -0.15) is 5.26 Å². The molecule has 0 amide bonds. The van der Waals surface area contributed by atoms with Crippen molar-refractivity contribution in [3.8, 4) is 6.07 Å². The second-order valence-electron chi connectivity index (χ2n) is 6.16. The molecule has 0 aromatic heterocycles. The number of hydrogen-bond donors (Lipinski definition) is 1. The fourth-order valence-corrected chi connectivity index (χ4v) is 5.40. The summed E-state index contributed by atoms with van der Waals surface area (Å²) >= 11 is 3.60. The predicted octanol–water partition coefficient (Wildman–Crippen LogP) is 4.36. The first-order valence-electron chi connectivity index (χ1n) is 6.87. The summed E-state index contributed by atoms with van der Waals surface area (Å²) in [5.41, 5.74) is 1.63. The Hall–Kier alpha value is -1.12. The summed E-state index contributed by atoms with van der Waals surface area (Å²) in [5, 5.41) is 13.1. The molecule has 0 bridgehead atoms. The maximum absolute atomic E-state index is 8.83. The number of amidine groups is 1. The molecule has 21 heavy (non-hydrogen) atoms. The molecule has 112 valence electrons. The van der Waals surface area contributed by atoms with Gasteiger partial charge in [-0.25, -0.2) is 0 Å². The van der Waals surface area contributed by atoms with E-state index in [0.29, 0.717) is 11.6 Å². The average Bonchev–Trinajstić information content (AvgIpc) is 2.42. The van der Waals surface area contributed by atoms with E-state index in [0.717, 1.165) is 10.9 Å². The van der Waals surface area contributed by atoms with Crippen molar-refractivity contribution in [3.63, 3.8) is 0 Å². The minimum Gasteiger partial charge on any atom is -0.335 e. The van der Waals surface area contributed by atoms with E-state index >= 15 is 0 Å². The van der Waals surface area contributed by atoms with Gasteiger partial charge in [0.05, 0.1) is 17.7 Å². The standard InChI is InChI=1S/C16H21N3S2/c1-15(2)13(16(3,4)21-15)19-14(20-5)18-12-8-6-11(10-17)7-9-12/h6-9,13H,1-5H3,(H,18,19). The van der Waals surface area contributed by atoms with Crippen molar-refractivity contribution in [2.24, 2.45) is 4.99 Å². The number of benzene rings is 1. The summed E-state index contributed by atoms with van der Waals surface area (Å²) in [5.74, 6) is 0. The van der Waals surface area contributed by atoms with Crippen molar-refractivity contribution >= 4 is 34.4 Å². The number of nitrogens with one attached hydrogen (secondary N) is 1. The molecular weight excluding hydrogens is 298 g/mol. The average molecular weight is 319 g/mol. The van der Waals surface area contributed by atoms with Crippen LogP contribution in [0.2, 0.25) is 0 Å². The molecule has 3 nitrogen and oxygen atoms in total. The summed E-state index contributed by atoms with van der Waals surface area (Å²) in [7, 11) is 0. The van der Waals surface area contributed by atoms with Crippen LogP contribution in [0.1, 0.15) is 33.3 Å². The Kier molecular flexibility index (Phi) is 4.60. The number of hydrogen-bond acceptors (Lipinski definition) is 4. The van der Waals surface area contributed by atoms with E-state index in [1.807, 2.05) is 42.3 Å². The molecule has 1 aliphatic rings. The third kappa shape index (κ3) is 3.56. The van der Waals surface area contributed by atoms with Crippen LogP contribution in [-0.2, 0) is 0 Å². The molecule has 0 spiro atoms. The summed E-state index contributed by atoms with van der Waals surface area (Å²) < 4.78 is 0.355. The van der Waals surface area contributed by atoms with Gasteiger partial charge < -0.3 is 5.32 Å². The molecule has 0 unspecified atom stereocenters. The Labute approximate surface area is 135 Å². The molecule has 1 heterocycles. The molecular formula is C16H21N3S2. The van der Waals surface area contributed by atoms with Crippen LogP contribution in [0.4, 0.5) is 5.69 Å². The Morgan fingerprint density at radius 3 is 2.24 bits per heavy atom. The molecule has 0 aliphatic carbocycles. The number of anilines is 1. The van der Waals surface area contributed by atoms with Crippen LogP contribution in [0.3, 0.4) is 0 Å². The number of rotatable bonds is 2. The van der Waals surface area contributed by atoms with Gasteiger partial charge in [-0.15, -0.1) is 11.8 Å². The molecule has 0 saturated carbocycles. The summed E-state index contributed by atoms with van der Waals surface area (Å²) in [6, 6.07) is 9.87. The smallest absolute Gasteiger partial charge is 0.161 e. The summed E-state index contributed by atoms with van der Waals surface area (Å²) in [6.45, 7) is 8.99. The van der Waals surface area contributed by atoms with Gasteiger partial charge in [0.1, 0.15) is 0 Å². The van der Waals surface area contributed by atoms with Gasteiger partial charge in [-0.05, 0) is 58.2 Å². The lowest BCUT2D eigenvalue weighted by Gasteiger charge is -2.54. The van der Waals surface area contributed by atoms with Gasteiger partial charge >= 0.3 is 0 Å². The van der Waals surface area contributed by atoms with Gasteiger partial charge in [0, 0.05) is 15.2 Å². The highest BCUT2D eigenvalue weighted by Gasteiger charge is 2.54. The highest BCUT2D eigenvalue weighted by Crippen LogP contribution is 2.56. The van der Waals surface area contributed by atoms with Crippen molar-refractivity contribution < 1.29 is 0 Å². The Morgan fingerprint density at radius 1 is 1.24 bits per heavy atom. The maximum Gasteiger partial charge on any atom is 0.161 e. The van der Waals surface area contributed by atoms with Crippen molar-refractivity contribution in [1.29, 1.82) is 5.26 Å². The SMILES string of the molecule is CSC(=NC1C(C)(C)SC1(C)C)Nc1ccc(C#N)cc1. The molecule has 5 heteroatoms. The van der Waals surface area contributed by atoms with Gasteiger partial charge in [0.2, 0.25) is 0 Å². The maximum atomic E-state index is 8.83. The lowest BCUT2D eigenvalue weighted by Crippen LogP contribution is -2.58. The Morgan fingerprint density at radius 2 is 1.81 bits per heavy atom. The van der Waals surface area contributed by atoms with E-state index in [1.165, 1.54) is 0 Å². The lowest BCUT2D eigenvalue weighted by molar-refractivity contribution is 0.399. The molecule has 2 rings (SSSR count). The zero-order valence-corrected chi connectivity index (χ0v) is 14.7. The molecule has 1 aromatic carbocycles. The van der Waals surface area contributed by atoms with E-state index in [4.69, 9.17) is 10.3 Å². The first-order valence-corrected chi connectivity index (χ1v) is 8.92. The second-order valence-corrected chi connectivity index (χ2v) is 9.27. The molecule has 1 saturated heterocycles. The second kappa shape index (κ2) is 5.94. The van der Waals surface area contributed by atoms with Gasteiger partial charge in [0.25, 0.3) is 0 Å². The van der Waals surface area contributed by atoms with Gasteiger partial charge in [0.15, 0.2) is 5.17 Å². The third-order valence-electron chi connectivity index (χ3n) is 3.55. The Bertz CT molecular complexity index is 569. The Balaban J connectivity index is 2.16. The van der Waals surface area contributed by atoms with Crippen LogP contribution < -0.4 is 5.32 Å². The monoisotopic (exact) mass is 319 g/mol. The molecule has 1 aliphatic heterocycles. The van der Waals surface area contributed by atoms with Crippen molar-refractivity contribution in [2.45, 2.75) is 43.2 Å². The van der Waals surface area contributed by atoms with Crippen LogP contribution in [0.15, 0.2) is 29.3 Å². The normalized spacial score (nSPS) is 20.5. The van der Waals surface area contributed by atoms with E-state index in [1.54, 1.807) is 11.8 Å². The quantitative estimate of drug-likeness (QED) is 0.650. The van der Waals surface area contributed by atoms with E-state index in [9.17, 15) is 0 Å². The van der Waals surface area contributed by atoms with Crippen molar-refractivity contribution in [2.75, 3.05) is 11.6 Å². The fourth-order valence-electron chi connectivity index (χ4n) is 2.88. The number of thioether (sulfide) groups is 2. The molecule has 0 atom stereocenters. The van der Waals surface area contributed by atoms with Crippen molar-refractivity contribution in [3.05, 3.63) is 29.8 Å². The van der Waals surface area contributed by atoms with E-state index < -0.39 is 0 Å². The number of nitriles is 1. The van der Waals surface area contributed by atoms with Crippen LogP contribution >= 0.6 is 23.5 Å². The highest BCUT2D eigenvalue weighted by atomic mass is 32.2. The summed E-state index contributed by atoms with van der Waals surface area (Å²) in [4.78, 5) is 4.93. The zero-order valence-electron chi connectivity index (χ0n) is 13.1. The first-order chi connectivity index (χ1) is 9.78. The lowest BCUT2D eigenvalue weighted by atomic mass is 9.90. The molecule has 1 aromatic rings. The minimum atomic E-state index is 0.177. The largest absolute Gasteiger partial charge is 0.335 e. The van der Waals surface area contributed by atoms with Gasteiger partial charge in [-0.1, -0.05) is 11.8 Å². The molecule has 1 fully saturated rings. The fraction of sp³-hybridized carbons (Fsp3) is 0.500. The van der Waals surface area contributed by atoms with Crippen LogP contribution in [0, 0.1) is 11.3 Å². The van der Waals surface area contributed by atoms with E-state index in [-0.39, 0.29) is 9.49 Å². The third-order valence-corrected chi connectivity index (χ3v) is 5.64. The molecule has 1 N–H and O–H groups in total. The van der Waals surface area contributed by atoms with Crippen molar-refractivity contribution in [1.82, 2.24) is 0 Å². The number of aliphatic imine (C=N–C) groups is 1. The zero-order chi connectivity index (χ0) is 15.7. The highest BCUT2D eigenvalue weighted by molar-refractivity contribution is 8.13. The van der Waals surface area contributed by atoms with Crippen LogP contribution in [-0.4, -0.2) is 27.0 Å².